The zero-order valence-electron chi connectivity index (χ0n) is 14.8. The molecule has 0 radical (unpaired) electrons. The minimum Gasteiger partial charge on any atom is -0.465 e. The van der Waals surface area contributed by atoms with Crippen molar-refractivity contribution in [1.82, 2.24) is 0 Å². The smallest absolute Gasteiger partial charge is 0.346 e. The van der Waals surface area contributed by atoms with Crippen molar-refractivity contribution < 1.29 is 19.1 Å². The summed E-state index contributed by atoms with van der Waals surface area (Å²) in [5, 5.41) is 17.5. The predicted octanol–water partition coefficient (Wildman–Crippen LogP) is 5.05. The van der Waals surface area contributed by atoms with E-state index in [0.717, 1.165) is 16.9 Å². The van der Waals surface area contributed by atoms with E-state index >= 15 is 0 Å². The number of carbonyl (C=O) groups excluding carboxylic acids is 2. The molecule has 148 valence electrons. The van der Waals surface area contributed by atoms with Gasteiger partial charge in [0.1, 0.15) is 9.81 Å². The van der Waals surface area contributed by atoms with Crippen molar-refractivity contribution in [3.8, 4) is 12.1 Å². The fourth-order valence-corrected chi connectivity index (χ4v) is 10.0. The van der Waals surface area contributed by atoms with Gasteiger partial charge in [-0.3, -0.25) is 0 Å². The van der Waals surface area contributed by atoms with Crippen molar-refractivity contribution in [1.29, 1.82) is 10.5 Å². The summed E-state index contributed by atoms with van der Waals surface area (Å²) in [6.07, 6.45) is 0.772. The number of nitriles is 2. The molecule has 0 spiro atoms. The van der Waals surface area contributed by atoms with Crippen LogP contribution in [0.15, 0.2) is 26.8 Å². The SMILES string of the molecule is COC(=O)C1=C(SCCC#N)S/C(=C2\SC(SCCC#N)=C(C(=O)OC)S2)S1. The summed E-state index contributed by atoms with van der Waals surface area (Å²) in [4.78, 5) is 25.3. The van der Waals surface area contributed by atoms with E-state index in [1.165, 1.54) is 84.8 Å². The molecule has 0 saturated heterocycles. The van der Waals surface area contributed by atoms with Crippen LogP contribution in [-0.4, -0.2) is 37.7 Å². The van der Waals surface area contributed by atoms with Gasteiger partial charge in [0.05, 0.1) is 43.3 Å². The molecule has 2 aliphatic heterocycles. The standard InChI is InChI=1S/C16H14N2O4S6/c1-21-11(19)9-13(23-7-3-5-17)27-15(25-9)16-26-10(12(20)22-2)14(28-16)24-8-4-6-18/h3-4,7-8H2,1-2H3/b16-15-. The largest absolute Gasteiger partial charge is 0.465 e. The average Bonchev–Trinajstić information content (AvgIpc) is 3.32. The van der Waals surface area contributed by atoms with Crippen LogP contribution in [0.5, 0.6) is 0 Å². The summed E-state index contributed by atoms with van der Waals surface area (Å²) in [5.74, 6) is 0.351. The molecule has 0 saturated carbocycles. The summed E-state index contributed by atoms with van der Waals surface area (Å²) in [6.45, 7) is 0. The lowest BCUT2D eigenvalue weighted by Crippen LogP contribution is -2.01. The van der Waals surface area contributed by atoms with Crippen molar-refractivity contribution in [3.63, 3.8) is 0 Å². The Balaban J connectivity index is 2.20. The third-order valence-corrected chi connectivity index (χ3v) is 11.4. The number of methoxy groups -OCH3 is 2. The van der Waals surface area contributed by atoms with E-state index in [1.807, 2.05) is 0 Å². The predicted molar refractivity (Wildman–Crippen MR) is 121 cm³/mol. The van der Waals surface area contributed by atoms with Gasteiger partial charge in [0.25, 0.3) is 0 Å². The van der Waals surface area contributed by atoms with Crippen molar-refractivity contribution in [2.24, 2.45) is 0 Å². The lowest BCUT2D eigenvalue weighted by molar-refractivity contribution is -0.136. The molecule has 28 heavy (non-hydrogen) atoms. The Morgan fingerprint density at radius 3 is 1.54 bits per heavy atom. The number of rotatable bonds is 8. The van der Waals surface area contributed by atoms with Gasteiger partial charge in [0.2, 0.25) is 0 Å². The van der Waals surface area contributed by atoms with Gasteiger partial charge in [-0.05, 0) is 0 Å². The Kier molecular flexibility index (Phi) is 10.1. The number of ether oxygens (including phenoxy) is 2. The van der Waals surface area contributed by atoms with Crippen LogP contribution in [0.1, 0.15) is 12.8 Å². The number of thioether (sulfide) groups is 6. The van der Waals surface area contributed by atoms with Crippen LogP contribution in [0.2, 0.25) is 0 Å². The Labute approximate surface area is 188 Å². The average molecular weight is 491 g/mol. The maximum absolute atomic E-state index is 12.1. The minimum absolute atomic E-state index is 0.386. The van der Waals surface area contributed by atoms with Crippen molar-refractivity contribution in [3.05, 3.63) is 26.8 Å². The second-order valence-electron chi connectivity index (χ2n) is 4.71. The van der Waals surface area contributed by atoms with E-state index in [0.29, 0.717) is 34.2 Å². The monoisotopic (exact) mass is 490 g/mol. The highest BCUT2D eigenvalue weighted by atomic mass is 32.2. The third kappa shape index (κ3) is 6.12. The maximum Gasteiger partial charge on any atom is 0.346 e. The van der Waals surface area contributed by atoms with Gasteiger partial charge in [0, 0.05) is 24.3 Å². The zero-order valence-corrected chi connectivity index (χ0v) is 19.7. The molecule has 6 nitrogen and oxygen atoms in total. The summed E-state index contributed by atoms with van der Waals surface area (Å²) in [7, 11) is 2.67. The Bertz CT molecular complexity index is 769. The van der Waals surface area contributed by atoms with Crippen LogP contribution in [-0.2, 0) is 19.1 Å². The first kappa shape index (κ1) is 23.5. The molecular formula is C16H14N2O4S6. The molecule has 0 amide bonds. The molecule has 0 N–H and O–H groups in total. The van der Waals surface area contributed by atoms with Gasteiger partial charge >= 0.3 is 11.9 Å². The molecule has 2 rings (SSSR count). The van der Waals surface area contributed by atoms with Gasteiger partial charge < -0.3 is 9.47 Å². The fourth-order valence-electron chi connectivity index (χ4n) is 1.74. The van der Waals surface area contributed by atoms with Crippen LogP contribution in [0, 0.1) is 22.7 Å². The van der Waals surface area contributed by atoms with Crippen molar-refractivity contribution in [2.45, 2.75) is 12.8 Å². The highest BCUT2D eigenvalue weighted by Gasteiger charge is 2.35. The molecule has 0 bridgehead atoms. The van der Waals surface area contributed by atoms with Crippen LogP contribution >= 0.6 is 70.6 Å². The highest BCUT2D eigenvalue weighted by molar-refractivity contribution is 8.40. The number of hydrogen-bond donors (Lipinski definition) is 0. The van der Waals surface area contributed by atoms with E-state index in [2.05, 4.69) is 12.1 Å². The molecule has 12 heteroatoms. The molecule has 0 fully saturated rings. The molecule has 0 aromatic carbocycles. The Morgan fingerprint density at radius 1 is 0.821 bits per heavy atom. The lowest BCUT2D eigenvalue weighted by Gasteiger charge is -2.02. The molecule has 2 heterocycles. The summed E-state index contributed by atoms with van der Waals surface area (Å²) >= 11 is 8.45. The minimum atomic E-state index is -0.412. The van der Waals surface area contributed by atoms with Crippen molar-refractivity contribution >= 4 is 82.5 Å². The number of nitrogens with zero attached hydrogens (tertiary/aromatic N) is 2. The van der Waals surface area contributed by atoms with E-state index in [9.17, 15) is 9.59 Å². The molecule has 0 aliphatic carbocycles. The number of hydrogen-bond acceptors (Lipinski definition) is 12. The van der Waals surface area contributed by atoms with E-state index < -0.39 is 11.9 Å². The van der Waals surface area contributed by atoms with Gasteiger partial charge in [0.15, 0.2) is 0 Å². The first-order chi connectivity index (χ1) is 13.5. The van der Waals surface area contributed by atoms with Crippen LogP contribution in [0.25, 0.3) is 0 Å². The third-order valence-electron chi connectivity index (χ3n) is 2.93. The fraction of sp³-hybridized carbons (Fsp3) is 0.375. The first-order valence-electron chi connectivity index (χ1n) is 7.66. The van der Waals surface area contributed by atoms with Gasteiger partial charge in [-0.2, -0.15) is 10.5 Å². The summed E-state index contributed by atoms with van der Waals surface area (Å²) < 4.78 is 13.2. The van der Waals surface area contributed by atoms with E-state index in [4.69, 9.17) is 20.0 Å². The zero-order chi connectivity index (χ0) is 20.5. The van der Waals surface area contributed by atoms with Crippen molar-refractivity contribution in [2.75, 3.05) is 25.7 Å². The molecule has 0 aromatic rings. The molecule has 0 atom stereocenters. The number of carbonyl (C=O) groups is 2. The van der Waals surface area contributed by atoms with Crippen LogP contribution in [0.4, 0.5) is 0 Å². The highest BCUT2D eigenvalue weighted by Crippen LogP contribution is 2.63. The molecule has 0 aromatic heterocycles. The topological polar surface area (TPSA) is 100 Å². The summed E-state index contributed by atoms with van der Waals surface area (Å²) in [6, 6.07) is 4.18. The lowest BCUT2D eigenvalue weighted by atomic mass is 10.6. The number of esters is 2. The molecule has 2 aliphatic rings. The summed E-state index contributed by atoms with van der Waals surface area (Å²) in [5.41, 5.74) is 0. The molecular weight excluding hydrogens is 477 g/mol. The first-order valence-corrected chi connectivity index (χ1v) is 12.9. The second kappa shape index (κ2) is 12.1. The maximum atomic E-state index is 12.1. The van der Waals surface area contributed by atoms with Crippen LogP contribution in [0.3, 0.4) is 0 Å². The quantitative estimate of drug-likeness (QED) is 0.336. The van der Waals surface area contributed by atoms with E-state index in [1.54, 1.807) is 0 Å². The Morgan fingerprint density at radius 2 is 1.21 bits per heavy atom. The molecule has 0 unspecified atom stereocenters. The second-order valence-corrected chi connectivity index (χ2v) is 12.0. The van der Waals surface area contributed by atoms with Gasteiger partial charge in [-0.1, -0.05) is 47.0 Å². The van der Waals surface area contributed by atoms with Gasteiger partial charge in [-0.25, -0.2) is 9.59 Å². The normalized spacial score (nSPS) is 18.9. The van der Waals surface area contributed by atoms with Crippen LogP contribution < -0.4 is 0 Å². The Hall–Kier alpha value is -0.760. The van der Waals surface area contributed by atoms with Gasteiger partial charge in [-0.15, -0.1) is 23.5 Å². The van der Waals surface area contributed by atoms with E-state index in [-0.39, 0.29) is 0 Å².